The highest BCUT2D eigenvalue weighted by atomic mass is 32.2. The van der Waals surface area contributed by atoms with Gasteiger partial charge in [0, 0.05) is 33.1 Å². The fourth-order valence-electron chi connectivity index (χ4n) is 1.10. The molecule has 1 N–H and O–H groups in total. The lowest BCUT2D eigenvalue weighted by molar-refractivity contribution is 0.559. The van der Waals surface area contributed by atoms with Crippen molar-refractivity contribution >= 4 is 21.6 Å². The average Bonchev–Trinajstić information content (AvgIpc) is 2.25. The molecule has 7 heteroatoms. The van der Waals surface area contributed by atoms with Crippen LogP contribution in [0.1, 0.15) is 13.8 Å². The second-order valence-electron chi connectivity index (χ2n) is 5.02. The zero-order chi connectivity index (χ0) is 14.0. The first-order chi connectivity index (χ1) is 8.13. The lowest BCUT2D eigenvalue weighted by atomic mass is 10.2. The van der Waals surface area contributed by atoms with Crippen molar-refractivity contribution < 1.29 is 8.42 Å². The van der Waals surface area contributed by atoms with Crippen LogP contribution in [0.5, 0.6) is 0 Å². The molecule has 0 radical (unpaired) electrons. The van der Waals surface area contributed by atoms with Gasteiger partial charge in [-0.15, -0.1) is 0 Å². The number of aromatic nitrogens is 2. The minimum atomic E-state index is -3.12. The van der Waals surface area contributed by atoms with Crippen LogP contribution in [0.15, 0.2) is 12.3 Å². The van der Waals surface area contributed by atoms with Gasteiger partial charge in [-0.1, -0.05) is 0 Å². The Kier molecular flexibility index (Phi) is 4.16. The maximum Gasteiger partial charge on any atom is 0.226 e. The van der Waals surface area contributed by atoms with Gasteiger partial charge in [-0.05, 0) is 19.9 Å². The molecule has 0 aliphatic carbocycles. The second-order valence-corrected chi connectivity index (χ2v) is 7.67. The lowest BCUT2D eigenvalue weighted by Crippen LogP contribution is -2.38. The molecule has 0 atom stereocenters. The first-order valence-corrected chi connectivity index (χ1v) is 7.46. The summed E-state index contributed by atoms with van der Waals surface area (Å²) in [5.74, 6) is 1.20. The van der Waals surface area contributed by atoms with Gasteiger partial charge in [-0.3, -0.25) is 0 Å². The Morgan fingerprint density at radius 2 is 2.00 bits per heavy atom. The Hall–Kier alpha value is -1.37. The number of hydrogen-bond acceptors (Lipinski definition) is 6. The van der Waals surface area contributed by atoms with E-state index in [0.717, 1.165) is 0 Å². The van der Waals surface area contributed by atoms with Gasteiger partial charge in [0.05, 0.1) is 4.75 Å². The average molecular weight is 272 g/mol. The topological polar surface area (TPSA) is 75.2 Å². The summed E-state index contributed by atoms with van der Waals surface area (Å²) >= 11 is 0. The van der Waals surface area contributed by atoms with Gasteiger partial charge in [0.15, 0.2) is 9.84 Å². The Bertz CT molecular complexity index is 512. The zero-order valence-electron chi connectivity index (χ0n) is 11.4. The number of anilines is 2. The van der Waals surface area contributed by atoms with E-state index in [0.29, 0.717) is 18.3 Å². The first-order valence-electron chi connectivity index (χ1n) is 5.57. The Balaban J connectivity index is 2.78. The van der Waals surface area contributed by atoms with Gasteiger partial charge in [0.2, 0.25) is 5.95 Å². The first kappa shape index (κ1) is 14.7. The van der Waals surface area contributed by atoms with E-state index in [1.165, 1.54) is 6.26 Å². The van der Waals surface area contributed by atoms with Crippen molar-refractivity contribution in [2.75, 3.05) is 37.1 Å². The summed E-state index contributed by atoms with van der Waals surface area (Å²) in [6, 6.07) is 1.71. The number of hydrogen-bond donors (Lipinski definition) is 1. The number of rotatable bonds is 5. The quantitative estimate of drug-likeness (QED) is 0.853. The summed E-state index contributed by atoms with van der Waals surface area (Å²) in [6.45, 7) is 3.67. The highest BCUT2D eigenvalue weighted by molar-refractivity contribution is 7.92. The molecule has 0 spiro atoms. The van der Waals surface area contributed by atoms with Crippen LogP contribution >= 0.6 is 0 Å². The molecule has 0 aliphatic heterocycles. The summed E-state index contributed by atoms with van der Waals surface area (Å²) < 4.78 is 22.3. The summed E-state index contributed by atoms with van der Waals surface area (Å²) in [6.07, 6.45) is 2.87. The molecular formula is C11H20N4O2S. The molecular weight excluding hydrogens is 252 g/mol. The number of sulfone groups is 1. The molecule has 0 unspecified atom stereocenters. The van der Waals surface area contributed by atoms with Gasteiger partial charge in [-0.25, -0.2) is 13.4 Å². The van der Waals surface area contributed by atoms with Crippen molar-refractivity contribution in [3.8, 4) is 0 Å². The summed E-state index contributed by atoms with van der Waals surface area (Å²) in [7, 11) is 0.578. The molecule has 18 heavy (non-hydrogen) atoms. The van der Waals surface area contributed by atoms with Crippen LogP contribution in [-0.2, 0) is 9.84 Å². The third kappa shape index (κ3) is 3.56. The minimum Gasteiger partial charge on any atom is -0.368 e. The fourth-order valence-corrected chi connectivity index (χ4v) is 1.43. The van der Waals surface area contributed by atoms with Crippen LogP contribution in [0.4, 0.5) is 11.8 Å². The summed E-state index contributed by atoms with van der Waals surface area (Å²) in [5, 5.41) is 3.03. The van der Waals surface area contributed by atoms with Gasteiger partial charge in [0.25, 0.3) is 0 Å². The standard InChI is InChI=1S/C11H20N4O2S/c1-11(2,18(5,16)17)8-13-9-6-7-12-10(14-9)15(3)4/h6-7H,8H2,1-5H3,(H,12,13,14). The molecule has 0 fully saturated rings. The highest BCUT2D eigenvalue weighted by Crippen LogP contribution is 2.16. The zero-order valence-corrected chi connectivity index (χ0v) is 12.2. The lowest BCUT2D eigenvalue weighted by Gasteiger charge is -2.23. The molecule has 1 rings (SSSR count). The Labute approximate surface area is 108 Å². The fraction of sp³-hybridized carbons (Fsp3) is 0.636. The molecule has 1 heterocycles. The third-order valence-electron chi connectivity index (χ3n) is 2.74. The molecule has 0 amide bonds. The van der Waals surface area contributed by atoms with E-state index < -0.39 is 14.6 Å². The van der Waals surface area contributed by atoms with E-state index in [1.54, 1.807) is 31.0 Å². The van der Waals surface area contributed by atoms with E-state index in [4.69, 9.17) is 0 Å². The highest BCUT2D eigenvalue weighted by Gasteiger charge is 2.29. The molecule has 0 bridgehead atoms. The molecule has 0 aromatic carbocycles. The molecule has 6 nitrogen and oxygen atoms in total. The predicted molar refractivity (Wildman–Crippen MR) is 73.8 cm³/mol. The van der Waals surface area contributed by atoms with Gasteiger partial charge in [-0.2, -0.15) is 4.98 Å². The predicted octanol–water partition coefficient (Wildman–Crippen LogP) is 0.778. The second kappa shape index (κ2) is 5.09. The van der Waals surface area contributed by atoms with Crippen LogP contribution in [-0.4, -0.2) is 50.0 Å². The van der Waals surface area contributed by atoms with Crippen LogP contribution < -0.4 is 10.2 Å². The molecule has 0 saturated carbocycles. The van der Waals surface area contributed by atoms with E-state index in [9.17, 15) is 8.42 Å². The molecule has 1 aromatic rings. The van der Waals surface area contributed by atoms with E-state index in [-0.39, 0.29) is 0 Å². The van der Waals surface area contributed by atoms with E-state index in [1.807, 2.05) is 14.1 Å². The van der Waals surface area contributed by atoms with Gasteiger partial charge >= 0.3 is 0 Å². The smallest absolute Gasteiger partial charge is 0.226 e. The maximum absolute atomic E-state index is 11.6. The van der Waals surface area contributed by atoms with Crippen molar-refractivity contribution in [3.63, 3.8) is 0 Å². The van der Waals surface area contributed by atoms with Gasteiger partial charge in [0.1, 0.15) is 5.82 Å². The van der Waals surface area contributed by atoms with Crippen molar-refractivity contribution in [1.29, 1.82) is 0 Å². The van der Waals surface area contributed by atoms with Crippen LogP contribution in [0.2, 0.25) is 0 Å². The SMILES string of the molecule is CN(C)c1nccc(NCC(C)(C)S(C)(=O)=O)n1. The minimum absolute atomic E-state index is 0.301. The Morgan fingerprint density at radius 3 is 2.50 bits per heavy atom. The maximum atomic E-state index is 11.6. The summed E-state index contributed by atoms with van der Waals surface area (Å²) in [5.41, 5.74) is 0. The van der Waals surface area contributed by atoms with Crippen molar-refractivity contribution in [3.05, 3.63) is 12.3 Å². The molecule has 1 aromatic heterocycles. The van der Waals surface area contributed by atoms with Crippen molar-refractivity contribution in [1.82, 2.24) is 9.97 Å². The van der Waals surface area contributed by atoms with Crippen molar-refractivity contribution in [2.45, 2.75) is 18.6 Å². The summed E-state index contributed by atoms with van der Waals surface area (Å²) in [4.78, 5) is 10.1. The molecule has 0 saturated heterocycles. The number of nitrogens with zero attached hydrogens (tertiary/aromatic N) is 3. The normalized spacial score (nSPS) is 12.3. The third-order valence-corrected chi connectivity index (χ3v) is 4.89. The van der Waals surface area contributed by atoms with E-state index in [2.05, 4.69) is 15.3 Å². The van der Waals surface area contributed by atoms with Gasteiger partial charge < -0.3 is 10.2 Å². The molecule has 102 valence electrons. The number of nitrogens with one attached hydrogen (secondary N) is 1. The van der Waals surface area contributed by atoms with Crippen LogP contribution in [0, 0.1) is 0 Å². The van der Waals surface area contributed by atoms with Crippen molar-refractivity contribution in [2.24, 2.45) is 0 Å². The van der Waals surface area contributed by atoms with Crippen LogP contribution in [0.3, 0.4) is 0 Å². The monoisotopic (exact) mass is 272 g/mol. The molecule has 0 aliphatic rings. The van der Waals surface area contributed by atoms with E-state index >= 15 is 0 Å². The Morgan fingerprint density at radius 1 is 1.39 bits per heavy atom. The van der Waals surface area contributed by atoms with Crippen LogP contribution in [0.25, 0.3) is 0 Å². The largest absolute Gasteiger partial charge is 0.368 e.